The number of rotatable bonds is 2. The quantitative estimate of drug-likeness (QED) is 0.888. The zero-order valence-electron chi connectivity index (χ0n) is 12.2. The van der Waals surface area contributed by atoms with Gasteiger partial charge in [-0.3, -0.25) is 0 Å². The van der Waals surface area contributed by atoms with E-state index in [-0.39, 0.29) is 11.9 Å². The van der Waals surface area contributed by atoms with Crippen molar-refractivity contribution in [1.29, 1.82) is 0 Å². The number of nitrogens with one attached hydrogen (secondary N) is 1. The summed E-state index contributed by atoms with van der Waals surface area (Å²) in [6.07, 6.45) is 6.25. The summed E-state index contributed by atoms with van der Waals surface area (Å²) in [5.74, 6) is 0.716. The highest BCUT2D eigenvalue weighted by molar-refractivity contribution is 7.17. The van der Waals surface area contributed by atoms with E-state index in [0.717, 1.165) is 34.2 Å². The Bertz CT molecular complexity index is 656. The number of hydrogen-bond donors (Lipinski definition) is 1. The Morgan fingerprint density at radius 1 is 1.24 bits per heavy atom. The fourth-order valence-corrected chi connectivity index (χ4v) is 4.83. The van der Waals surface area contributed by atoms with Crippen LogP contribution >= 0.6 is 11.3 Å². The highest BCUT2D eigenvalue weighted by atomic mass is 32.1. The lowest BCUT2D eigenvalue weighted by Gasteiger charge is -2.40. The van der Waals surface area contributed by atoms with Crippen molar-refractivity contribution >= 4 is 21.4 Å². The van der Waals surface area contributed by atoms with Crippen molar-refractivity contribution in [3.8, 4) is 5.75 Å². The molecule has 1 aromatic carbocycles. The van der Waals surface area contributed by atoms with E-state index in [2.05, 4.69) is 5.32 Å². The van der Waals surface area contributed by atoms with Crippen LogP contribution in [0, 0.1) is 12.7 Å². The van der Waals surface area contributed by atoms with Crippen LogP contribution in [0.5, 0.6) is 5.75 Å². The average Bonchev–Trinajstić information content (AvgIpc) is 2.85. The smallest absolute Gasteiger partial charge is 0.137 e. The first-order valence-corrected chi connectivity index (χ1v) is 8.67. The minimum Gasteiger partial charge on any atom is -0.489 e. The van der Waals surface area contributed by atoms with Crippen LogP contribution in [0.1, 0.15) is 37.7 Å². The van der Waals surface area contributed by atoms with Crippen molar-refractivity contribution in [3.63, 3.8) is 0 Å². The van der Waals surface area contributed by atoms with E-state index in [1.54, 1.807) is 23.5 Å². The van der Waals surface area contributed by atoms with Crippen molar-refractivity contribution in [3.05, 3.63) is 28.9 Å². The summed E-state index contributed by atoms with van der Waals surface area (Å²) >= 11 is 1.58. The molecule has 2 fully saturated rings. The van der Waals surface area contributed by atoms with Gasteiger partial charge in [-0.05, 0) is 55.7 Å². The molecule has 0 spiro atoms. The topological polar surface area (TPSA) is 21.3 Å². The van der Waals surface area contributed by atoms with Crippen LogP contribution in [0.4, 0.5) is 4.39 Å². The summed E-state index contributed by atoms with van der Waals surface area (Å²) in [6.45, 7) is 1.96. The van der Waals surface area contributed by atoms with Gasteiger partial charge in [0, 0.05) is 17.5 Å². The lowest BCUT2D eigenvalue weighted by Crippen LogP contribution is -2.51. The summed E-state index contributed by atoms with van der Waals surface area (Å²) < 4.78 is 21.2. The fraction of sp³-hybridized carbons (Fsp3) is 0.529. The lowest BCUT2D eigenvalue weighted by molar-refractivity contribution is 0.0940. The highest BCUT2D eigenvalue weighted by Crippen LogP contribution is 2.37. The third-order valence-electron chi connectivity index (χ3n) is 4.78. The number of thiophene rings is 1. The first-order valence-electron chi connectivity index (χ1n) is 7.79. The van der Waals surface area contributed by atoms with Gasteiger partial charge in [0.25, 0.3) is 0 Å². The highest BCUT2D eigenvalue weighted by Gasteiger charge is 2.32. The molecule has 0 amide bonds. The molecule has 2 aliphatic heterocycles. The van der Waals surface area contributed by atoms with E-state index in [4.69, 9.17) is 4.74 Å². The maximum absolute atomic E-state index is 14.0. The molecular weight excluding hydrogens is 285 g/mol. The molecule has 1 N–H and O–H groups in total. The summed E-state index contributed by atoms with van der Waals surface area (Å²) in [5, 5.41) is 6.42. The van der Waals surface area contributed by atoms with Gasteiger partial charge in [0.05, 0.1) is 4.70 Å². The molecule has 2 saturated heterocycles. The van der Waals surface area contributed by atoms with Gasteiger partial charge in [-0.25, -0.2) is 4.39 Å². The van der Waals surface area contributed by atoms with Gasteiger partial charge in [-0.1, -0.05) is 6.42 Å². The Hall–Kier alpha value is -1.13. The molecule has 112 valence electrons. The zero-order chi connectivity index (χ0) is 14.4. The maximum atomic E-state index is 14.0. The largest absolute Gasteiger partial charge is 0.489 e. The van der Waals surface area contributed by atoms with Gasteiger partial charge >= 0.3 is 0 Å². The van der Waals surface area contributed by atoms with Crippen molar-refractivity contribution in [1.82, 2.24) is 5.32 Å². The molecule has 1 aromatic heterocycles. The summed E-state index contributed by atoms with van der Waals surface area (Å²) in [4.78, 5) is 0. The standard InChI is InChI=1S/C17H20FNOS/c1-10-9-21-17-15(6-5-14(18)16(10)17)20-13-7-11-3-2-4-12(8-13)19-11/h5-6,9,11-13,19H,2-4,7-8H2,1H3. The average molecular weight is 305 g/mol. The predicted molar refractivity (Wildman–Crippen MR) is 84.7 cm³/mol. The molecule has 0 saturated carbocycles. The Morgan fingerprint density at radius 2 is 2.00 bits per heavy atom. The van der Waals surface area contributed by atoms with Crippen molar-refractivity contribution in [2.24, 2.45) is 0 Å². The van der Waals surface area contributed by atoms with Crippen LogP contribution < -0.4 is 10.1 Å². The molecule has 2 aliphatic rings. The van der Waals surface area contributed by atoms with Gasteiger partial charge in [0.1, 0.15) is 17.7 Å². The monoisotopic (exact) mass is 305 g/mol. The number of hydrogen-bond acceptors (Lipinski definition) is 3. The first-order chi connectivity index (χ1) is 10.2. The molecule has 0 aliphatic carbocycles. The van der Waals surface area contributed by atoms with Gasteiger partial charge < -0.3 is 10.1 Å². The van der Waals surface area contributed by atoms with Crippen LogP contribution in [0.3, 0.4) is 0 Å². The minimum absolute atomic E-state index is 0.140. The van der Waals surface area contributed by atoms with E-state index in [0.29, 0.717) is 12.1 Å². The molecule has 2 nitrogen and oxygen atoms in total. The normalized spacial score (nSPS) is 28.8. The summed E-state index contributed by atoms with van der Waals surface area (Å²) in [5.41, 5.74) is 1.00. The third-order valence-corrected chi connectivity index (χ3v) is 5.90. The molecule has 0 radical (unpaired) electrons. The second-order valence-electron chi connectivity index (χ2n) is 6.37. The summed E-state index contributed by atoms with van der Waals surface area (Å²) in [7, 11) is 0. The molecule has 2 unspecified atom stereocenters. The third kappa shape index (κ3) is 2.44. The molecule has 2 atom stereocenters. The maximum Gasteiger partial charge on any atom is 0.137 e. The van der Waals surface area contributed by atoms with Gasteiger partial charge in [0.2, 0.25) is 0 Å². The van der Waals surface area contributed by atoms with E-state index in [1.165, 1.54) is 19.3 Å². The predicted octanol–water partition coefficient (Wildman–Crippen LogP) is 4.40. The van der Waals surface area contributed by atoms with E-state index in [1.807, 2.05) is 12.3 Å². The Balaban J connectivity index is 1.61. The van der Waals surface area contributed by atoms with Crippen LogP contribution in [0.2, 0.25) is 0 Å². The first kappa shape index (κ1) is 13.5. The molecule has 4 rings (SSSR count). The number of fused-ring (bicyclic) bond motifs is 3. The number of benzene rings is 1. The fourth-order valence-electron chi connectivity index (χ4n) is 3.81. The van der Waals surface area contributed by atoms with Crippen molar-refractivity contribution < 1.29 is 9.13 Å². The number of aryl methyl sites for hydroxylation is 1. The van der Waals surface area contributed by atoms with Gasteiger partial charge in [0.15, 0.2) is 0 Å². The molecule has 4 heteroatoms. The van der Waals surface area contributed by atoms with E-state index in [9.17, 15) is 4.39 Å². The Labute approximate surface area is 128 Å². The van der Waals surface area contributed by atoms with E-state index >= 15 is 0 Å². The van der Waals surface area contributed by atoms with Crippen LogP contribution in [0.15, 0.2) is 17.5 Å². The lowest BCUT2D eigenvalue weighted by atomic mass is 9.85. The van der Waals surface area contributed by atoms with Crippen LogP contribution in [-0.4, -0.2) is 18.2 Å². The van der Waals surface area contributed by atoms with Crippen molar-refractivity contribution in [2.45, 2.75) is 57.2 Å². The number of halogens is 1. The van der Waals surface area contributed by atoms with Crippen molar-refractivity contribution in [2.75, 3.05) is 0 Å². The SMILES string of the molecule is Cc1csc2c(OC3CC4CCCC(C3)N4)ccc(F)c12. The van der Waals surface area contributed by atoms with Crippen LogP contribution in [-0.2, 0) is 0 Å². The molecule has 21 heavy (non-hydrogen) atoms. The number of ether oxygens (including phenoxy) is 1. The second kappa shape index (κ2) is 5.25. The molecule has 2 bridgehead atoms. The Kier molecular flexibility index (Phi) is 3.38. The van der Waals surface area contributed by atoms with Gasteiger partial charge in [-0.2, -0.15) is 0 Å². The Morgan fingerprint density at radius 3 is 2.76 bits per heavy atom. The summed E-state index contributed by atoms with van der Waals surface area (Å²) in [6, 6.07) is 4.54. The molecule has 2 aromatic rings. The molecular formula is C17H20FNOS. The van der Waals surface area contributed by atoms with Gasteiger partial charge in [-0.15, -0.1) is 11.3 Å². The minimum atomic E-state index is -0.140. The molecule has 3 heterocycles. The second-order valence-corrected chi connectivity index (χ2v) is 7.25. The van der Waals surface area contributed by atoms with Crippen LogP contribution in [0.25, 0.3) is 10.1 Å². The van der Waals surface area contributed by atoms with E-state index < -0.39 is 0 Å². The zero-order valence-corrected chi connectivity index (χ0v) is 13.0. The number of piperidine rings is 2.